The fourth-order valence-corrected chi connectivity index (χ4v) is 2.55. The molecule has 20 heavy (non-hydrogen) atoms. The highest BCUT2D eigenvalue weighted by Crippen LogP contribution is 2.25. The van der Waals surface area contributed by atoms with Crippen molar-refractivity contribution in [1.82, 2.24) is 9.55 Å². The van der Waals surface area contributed by atoms with Gasteiger partial charge in [0.05, 0.1) is 12.3 Å². The first-order chi connectivity index (χ1) is 9.45. The third-order valence-corrected chi connectivity index (χ3v) is 3.44. The summed E-state index contributed by atoms with van der Waals surface area (Å²) in [5.74, 6) is 0.448. The largest absolute Gasteiger partial charge is 0.461 e. The van der Waals surface area contributed by atoms with Gasteiger partial charge in [-0.15, -0.1) is 0 Å². The van der Waals surface area contributed by atoms with Crippen molar-refractivity contribution in [3.63, 3.8) is 0 Å². The van der Waals surface area contributed by atoms with E-state index >= 15 is 0 Å². The van der Waals surface area contributed by atoms with Crippen LogP contribution in [0.25, 0.3) is 5.69 Å². The van der Waals surface area contributed by atoms with E-state index in [1.54, 1.807) is 18.4 Å². The van der Waals surface area contributed by atoms with E-state index in [1.807, 2.05) is 25.1 Å². The summed E-state index contributed by atoms with van der Waals surface area (Å²) in [5, 5.41) is 0. The zero-order chi connectivity index (χ0) is 14.9. The number of ether oxygens (including phenoxy) is 1. The first-order valence-electron chi connectivity index (χ1n) is 6.24. The summed E-state index contributed by atoms with van der Waals surface area (Å²) < 4.78 is 7.70. The maximum Gasteiger partial charge on any atom is 0.360 e. The van der Waals surface area contributed by atoms with Gasteiger partial charge in [0.25, 0.3) is 0 Å². The molecular weight excluding hydrogens is 322 g/mol. The third kappa shape index (κ3) is 2.56. The van der Waals surface area contributed by atoms with Crippen molar-refractivity contribution in [3.8, 4) is 5.69 Å². The molecule has 0 aliphatic heterocycles. The predicted molar refractivity (Wildman–Crippen MR) is 81.1 cm³/mol. The lowest BCUT2D eigenvalue weighted by Crippen LogP contribution is -2.10. The van der Waals surface area contributed by atoms with E-state index in [-0.39, 0.29) is 5.69 Å². The maximum atomic E-state index is 11.8. The Morgan fingerprint density at radius 3 is 2.75 bits per heavy atom. The predicted octanol–water partition coefficient (Wildman–Crippen LogP) is 3.01. The van der Waals surface area contributed by atoms with Crippen LogP contribution in [0.3, 0.4) is 0 Å². The van der Waals surface area contributed by atoms with Gasteiger partial charge in [-0.1, -0.05) is 15.9 Å². The number of benzene rings is 1. The van der Waals surface area contributed by atoms with Crippen LogP contribution in [-0.2, 0) is 4.74 Å². The summed E-state index contributed by atoms with van der Waals surface area (Å²) in [4.78, 5) is 16.0. The molecule has 1 aromatic heterocycles. The molecule has 0 saturated heterocycles. The zero-order valence-electron chi connectivity index (χ0n) is 11.6. The Morgan fingerprint density at radius 1 is 1.45 bits per heavy atom. The van der Waals surface area contributed by atoms with Gasteiger partial charge in [-0.2, -0.15) is 0 Å². The number of aryl methyl sites for hydroxylation is 2. The minimum atomic E-state index is -0.499. The van der Waals surface area contributed by atoms with Crippen molar-refractivity contribution in [2.45, 2.75) is 20.8 Å². The van der Waals surface area contributed by atoms with E-state index in [9.17, 15) is 4.79 Å². The minimum Gasteiger partial charge on any atom is -0.461 e. The highest BCUT2D eigenvalue weighted by atomic mass is 79.9. The fourth-order valence-electron chi connectivity index (χ4n) is 2.07. The number of esters is 1. The van der Waals surface area contributed by atoms with Gasteiger partial charge in [-0.3, -0.25) is 4.57 Å². The molecule has 0 spiro atoms. The number of hydrogen-bond acceptors (Lipinski definition) is 4. The molecule has 2 rings (SSSR count). The molecule has 0 saturated carbocycles. The molecule has 0 radical (unpaired) electrons. The van der Waals surface area contributed by atoms with Crippen LogP contribution >= 0.6 is 15.9 Å². The van der Waals surface area contributed by atoms with E-state index in [0.29, 0.717) is 18.2 Å². The number of nitrogens with zero attached hydrogens (tertiary/aromatic N) is 2. The van der Waals surface area contributed by atoms with Crippen LogP contribution in [0.5, 0.6) is 0 Å². The second-order valence-electron chi connectivity index (χ2n) is 4.38. The van der Waals surface area contributed by atoms with Crippen LogP contribution in [0.2, 0.25) is 0 Å². The summed E-state index contributed by atoms with van der Waals surface area (Å²) in [7, 11) is 0. The SMILES string of the molecule is CCOC(=O)c1nc(C)n(-c2ccc(Br)cc2C)c1N. The van der Waals surface area contributed by atoms with E-state index < -0.39 is 5.97 Å². The Morgan fingerprint density at radius 2 is 2.15 bits per heavy atom. The molecule has 106 valence electrons. The molecule has 0 atom stereocenters. The number of aromatic nitrogens is 2. The average Bonchev–Trinajstić information content (AvgIpc) is 2.66. The van der Waals surface area contributed by atoms with Crippen molar-refractivity contribution >= 4 is 27.7 Å². The zero-order valence-corrected chi connectivity index (χ0v) is 13.2. The van der Waals surface area contributed by atoms with E-state index in [2.05, 4.69) is 20.9 Å². The van der Waals surface area contributed by atoms with Gasteiger partial charge < -0.3 is 10.5 Å². The van der Waals surface area contributed by atoms with Gasteiger partial charge in [0.2, 0.25) is 0 Å². The highest BCUT2D eigenvalue weighted by molar-refractivity contribution is 9.10. The number of nitrogen functional groups attached to an aromatic ring is 1. The van der Waals surface area contributed by atoms with E-state index in [4.69, 9.17) is 10.5 Å². The van der Waals surface area contributed by atoms with Crippen LogP contribution in [-0.4, -0.2) is 22.1 Å². The fraction of sp³-hybridized carbons (Fsp3) is 0.286. The van der Waals surface area contributed by atoms with Gasteiger partial charge in [-0.05, 0) is 44.5 Å². The molecule has 1 heterocycles. The smallest absolute Gasteiger partial charge is 0.360 e. The lowest BCUT2D eigenvalue weighted by atomic mass is 10.2. The summed E-state index contributed by atoms with van der Waals surface area (Å²) in [6.07, 6.45) is 0. The molecule has 0 aliphatic carbocycles. The summed E-state index contributed by atoms with van der Waals surface area (Å²) >= 11 is 3.42. The normalized spacial score (nSPS) is 10.6. The molecular formula is C14H16BrN3O2. The van der Waals surface area contributed by atoms with Crippen LogP contribution in [0.15, 0.2) is 22.7 Å². The molecule has 0 unspecified atom stereocenters. The Kier molecular flexibility index (Phi) is 4.13. The summed E-state index contributed by atoms with van der Waals surface area (Å²) in [6.45, 7) is 5.82. The molecule has 5 nitrogen and oxygen atoms in total. The standard InChI is InChI=1S/C14H16BrN3O2/c1-4-20-14(19)12-13(16)18(9(3)17-12)11-6-5-10(15)7-8(11)2/h5-7H,4,16H2,1-3H3. The second-order valence-corrected chi connectivity index (χ2v) is 5.30. The van der Waals surface area contributed by atoms with Crippen molar-refractivity contribution in [3.05, 3.63) is 39.8 Å². The Hall–Kier alpha value is -1.82. The first-order valence-corrected chi connectivity index (χ1v) is 7.03. The number of nitrogens with two attached hydrogens (primary N) is 1. The number of anilines is 1. The molecule has 0 bridgehead atoms. The number of hydrogen-bond donors (Lipinski definition) is 1. The van der Waals surface area contributed by atoms with Gasteiger partial charge in [0.15, 0.2) is 5.69 Å². The number of imidazole rings is 1. The Labute approximate surface area is 125 Å². The van der Waals surface area contributed by atoms with Crippen molar-refractivity contribution in [2.24, 2.45) is 0 Å². The quantitative estimate of drug-likeness (QED) is 0.874. The number of carbonyl (C=O) groups is 1. The van der Waals surface area contributed by atoms with Crippen LogP contribution in [0, 0.1) is 13.8 Å². The van der Waals surface area contributed by atoms with Crippen molar-refractivity contribution in [1.29, 1.82) is 0 Å². The van der Waals surface area contributed by atoms with Gasteiger partial charge in [0.1, 0.15) is 11.6 Å². The number of carbonyl (C=O) groups excluding carboxylic acids is 1. The van der Waals surface area contributed by atoms with Crippen molar-refractivity contribution in [2.75, 3.05) is 12.3 Å². The minimum absolute atomic E-state index is 0.159. The topological polar surface area (TPSA) is 70.1 Å². The lowest BCUT2D eigenvalue weighted by molar-refractivity contribution is 0.0521. The number of halogens is 1. The molecule has 1 aromatic carbocycles. The lowest BCUT2D eigenvalue weighted by Gasteiger charge is -2.11. The monoisotopic (exact) mass is 337 g/mol. The van der Waals surface area contributed by atoms with Gasteiger partial charge in [-0.25, -0.2) is 9.78 Å². The number of rotatable bonds is 3. The van der Waals surface area contributed by atoms with E-state index in [0.717, 1.165) is 15.7 Å². The highest BCUT2D eigenvalue weighted by Gasteiger charge is 2.21. The van der Waals surface area contributed by atoms with Crippen LogP contribution < -0.4 is 5.73 Å². The summed E-state index contributed by atoms with van der Waals surface area (Å²) in [6, 6.07) is 5.84. The van der Waals surface area contributed by atoms with Crippen molar-refractivity contribution < 1.29 is 9.53 Å². The molecule has 2 N–H and O–H groups in total. The van der Waals surface area contributed by atoms with Crippen LogP contribution in [0.1, 0.15) is 28.8 Å². The Bertz CT molecular complexity index is 665. The molecule has 0 fully saturated rings. The van der Waals surface area contributed by atoms with Gasteiger partial charge in [0, 0.05) is 4.47 Å². The molecule has 6 heteroatoms. The van der Waals surface area contributed by atoms with Gasteiger partial charge >= 0.3 is 5.97 Å². The molecule has 0 aliphatic rings. The maximum absolute atomic E-state index is 11.8. The first kappa shape index (κ1) is 14.6. The third-order valence-electron chi connectivity index (χ3n) is 2.95. The second kappa shape index (κ2) is 5.66. The van der Waals surface area contributed by atoms with Crippen LogP contribution in [0.4, 0.5) is 5.82 Å². The average molecular weight is 338 g/mol. The Balaban J connectivity index is 2.55. The molecule has 2 aromatic rings. The van der Waals surface area contributed by atoms with E-state index in [1.165, 1.54) is 0 Å². The molecule has 0 amide bonds. The summed E-state index contributed by atoms with van der Waals surface area (Å²) in [5.41, 5.74) is 8.15.